The van der Waals surface area contributed by atoms with Crippen LogP contribution >= 0.6 is 0 Å². The van der Waals surface area contributed by atoms with Gasteiger partial charge in [0, 0.05) is 29.6 Å². The second kappa shape index (κ2) is 10.1. The van der Waals surface area contributed by atoms with E-state index in [9.17, 15) is 9.59 Å². The molecule has 1 aliphatic carbocycles. The number of hydrogen-bond acceptors (Lipinski definition) is 5. The van der Waals surface area contributed by atoms with Gasteiger partial charge < -0.3 is 19.4 Å². The summed E-state index contributed by atoms with van der Waals surface area (Å²) in [6.07, 6.45) is 8.82. The van der Waals surface area contributed by atoms with E-state index < -0.39 is 6.04 Å². The van der Waals surface area contributed by atoms with Gasteiger partial charge in [-0.25, -0.2) is 0 Å². The number of amides is 2. The van der Waals surface area contributed by atoms with E-state index in [1.165, 1.54) is 11.2 Å². The molecule has 32 heavy (non-hydrogen) atoms. The van der Waals surface area contributed by atoms with Gasteiger partial charge in [0.05, 0.1) is 19.9 Å². The molecule has 2 aromatic heterocycles. The van der Waals surface area contributed by atoms with Gasteiger partial charge in [-0.15, -0.1) is 0 Å². The van der Waals surface area contributed by atoms with Crippen molar-refractivity contribution in [2.75, 3.05) is 7.11 Å². The highest BCUT2D eigenvalue weighted by Gasteiger charge is 2.35. The standard InChI is InChI=1S/C25H27N3O4/c1-31-21-12-5-2-8-19(21)17-28(25(30)22-13-7-15-32-22)23(18-9-6-14-26-16-18)24(29)27-20-10-3-4-11-20/h2,5-9,12-16,20,23H,3-4,10-11,17H2,1H3,(H,27,29)/t23-/m1/s1. The van der Waals surface area contributed by atoms with Crippen molar-refractivity contribution in [2.45, 2.75) is 44.3 Å². The number of carbonyl (C=O) groups excluding carboxylic acids is 2. The summed E-state index contributed by atoms with van der Waals surface area (Å²) in [5.41, 5.74) is 1.43. The molecule has 0 aliphatic heterocycles. The lowest BCUT2D eigenvalue weighted by Crippen LogP contribution is -2.45. The minimum absolute atomic E-state index is 0.119. The Labute approximate surface area is 187 Å². The van der Waals surface area contributed by atoms with E-state index in [1.54, 1.807) is 37.7 Å². The number of methoxy groups -OCH3 is 1. The lowest BCUT2D eigenvalue weighted by molar-refractivity contribution is -0.126. The third-order valence-electron chi connectivity index (χ3n) is 5.79. The number of furan rings is 1. The summed E-state index contributed by atoms with van der Waals surface area (Å²) in [6.45, 7) is 0.168. The van der Waals surface area contributed by atoms with Gasteiger partial charge in [-0.05, 0) is 37.1 Å². The van der Waals surface area contributed by atoms with E-state index in [4.69, 9.17) is 9.15 Å². The molecular formula is C25H27N3O4. The summed E-state index contributed by atoms with van der Waals surface area (Å²) < 4.78 is 10.9. The topological polar surface area (TPSA) is 84.7 Å². The fourth-order valence-corrected chi connectivity index (χ4v) is 4.20. The molecule has 0 radical (unpaired) electrons. The van der Waals surface area contributed by atoms with Gasteiger partial charge in [0.1, 0.15) is 11.8 Å². The molecule has 1 N–H and O–H groups in total. The third kappa shape index (κ3) is 4.82. The Morgan fingerprint density at radius 1 is 1.16 bits per heavy atom. The molecule has 3 aromatic rings. The molecule has 0 unspecified atom stereocenters. The average Bonchev–Trinajstić information content (AvgIpc) is 3.54. The maximum absolute atomic E-state index is 13.6. The minimum Gasteiger partial charge on any atom is -0.496 e. The van der Waals surface area contributed by atoms with Crippen LogP contribution in [0.3, 0.4) is 0 Å². The van der Waals surface area contributed by atoms with Gasteiger partial charge in [0.15, 0.2) is 5.76 Å². The second-order valence-electron chi connectivity index (χ2n) is 7.90. The van der Waals surface area contributed by atoms with Crippen LogP contribution in [0.5, 0.6) is 5.75 Å². The first-order chi connectivity index (χ1) is 15.7. The number of nitrogens with zero attached hydrogens (tertiary/aromatic N) is 2. The Hall–Kier alpha value is -3.61. The van der Waals surface area contributed by atoms with Crippen LogP contribution in [0.2, 0.25) is 0 Å². The number of pyridine rings is 1. The molecule has 1 atom stereocenters. The first-order valence-electron chi connectivity index (χ1n) is 10.8. The quantitative estimate of drug-likeness (QED) is 0.578. The molecule has 0 saturated heterocycles. The molecule has 166 valence electrons. The smallest absolute Gasteiger partial charge is 0.290 e. The summed E-state index contributed by atoms with van der Waals surface area (Å²) in [5, 5.41) is 3.15. The summed E-state index contributed by atoms with van der Waals surface area (Å²) in [6, 6.07) is 13.6. The second-order valence-corrected chi connectivity index (χ2v) is 7.90. The lowest BCUT2D eigenvalue weighted by Gasteiger charge is -2.32. The Bertz CT molecular complexity index is 1030. The molecule has 7 nitrogen and oxygen atoms in total. The number of ether oxygens (including phenoxy) is 1. The summed E-state index contributed by atoms with van der Waals surface area (Å²) in [4.78, 5) is 32.8. The Morgan fingerprint density at radius 2 is 1.97 bits per heavy atom. The highest BCUT2D eigenvalue weighted by molar-refractivity contribution is 5.96. The Kier molecular flexibility index (Phi) is 6.84. The van der Waals surface area contributed by atoms with Crippen LogP contribution in [0, 0.1) is 0 Å². The number of para-hydroxylation sites is 1. The normalized spacial score (nSPS) is 14.7. The predicted molar refractivity (Wildman–Crippen MR) is 119 cm³/mol. The molecule has 0 bridgehead atoms. The van der Waals surface area contributed by atoms with Gasteiger partial charge in [0.2, 0.25) is 5.91 Å². The van der Waals surface area contributed by atoms with Crippen molar-refractivity contribution in [1.29, 1.82) is 0 Å². The number of hydrogen-bond donors (Lipinski definition) is 1. The molecule has 1 aliphatic rings. The maximum Gasteiger partial charge on any atom is 0.290 e. The molecule has 2 heterocycles. The number of rotatable bonds is 8. The van der Waals surface area contributed by atoms with Crippen LogP contribution in [-0.4, -0.2) is 34.8 Å². The van der Waals surface area contributed by atoms with Gasteiger partial charge in [-0.3, -0.25) is 14.6 Å². The molecule has 0 spiro atoms. The molecule has 7 heteroatoms. The number of carbonyl (C=O) groups is 2. The van der Waals surface area contributed by atoms with Gasteiger partial charge >= 0.3 is 0 Å². The molecule has 1 aromatic carbocycles. The number of benzene rings is 1. The molecular weight excluding hydrogens is 406 g/mol. The zero-order valence-corrected chi connectivity index (χ0v) is 18.1. The van der Waals surface area contributed by atoms with E-state index in [0.717, 1.165) is 31.2 Å². The zero-order valence-electron chi connectivity index (χ0n) is 18.1. The van der Waals surface area contributed by atoms with Crippen LogP contribution in [0.15, 0.2) is 71.6 Å². The van der Waals surface area contributed by atoms with E-state index in [0.29, 0.717) is 11.3 Å². The van der Waals surface area contributed by atoms with Crippen molar-refractivity contribution in [1.82, 2.24) is 15.2 Å². The molecule has 1 saturated carbocycles. The number of nitrogens with one attached hydrogen (secondary N) is 1. The van der Waals surface area contributed by atoms with Crippen LogP contribution < -0.4 is 10.1 Å². The monoisotopic (exact) mass is 433 g/mol. The fourth-order valence-electron chi connectivity index (χ4n) is 4.20. The lowest BCUT2D eigenvalue weighted by atomic mass is 10.0. The van der Waals surface area contributed by atoms with Crippen molar-refractivity contribution in [3.8, 4) is 5.75 Å². The highest BCUT2D eigenvalue weighted by atomic mass is 16.5. The first kappa shape index (κ1) is 21.6. The molecule has 1 fully saturated rings. The fraction of sp³-hybridized carbons (Fsp3) is 0.320. The van der Waals surface area contributed by atoms with Crippen LogP contribution in [0.1, 0.15) is 53.4 Å². The van der Waals surface area contributed by atoms with Gasteiger partial charge in [0.25, 0.3) is 5.91 Å². The van der Waals surface area contributed by atoms with Crippen molar-refractivity contribution < 1.29 is 18.7 Å². The van der Waals surface area contributed by atoms with Crippen molar-refractivity contribution in [2.24, 2.45) is 0 Å². The first-order valence-corrected chi connectivity index (χ1v) is 10.8. The van der Waals surface area contributed by atoms with Crippen molar-refractivity contribution in [3.05, 3.63) is 84.1 Å². The summed E-state index contributed by atoms with van der Waals surface area (Å²) >= 11 is 0. The van der Waals surface area contributed by atoms with Crippen LogP contribution in [0.4, 0.5) is 0 Å². The Morgan fingerprint density at radius 3 is 2.66 bits per heavy atom. The van der Waals surface area contributed by atoms with Gasteiger partial charge in [-0.1, -0.05) is 37.1 Å². The highest BCUT2D eigenvalue weighted by Crippen LogP contribution is 2.29. The average molecular weight is 434 g/mol. The molecule has 4 rings (SSSR count). The van der Waals surface area contributed by atoms with E-state index in [-0.39, 0.29) is 30.2 Å². The van der Waals surface area contributed by atoms with Gasteiger partial charge in [-0.2, -0.15) is 0 Å². The summed E-state index contributed by atoms with van der Waals surface area (Å²) in [5.74, 6) is 0.212. The van der Waals surface area contributed by atoms with Crippen molar-refractivity contribution >= 4 is 11.8 Å². The van der Waals surface area contributed by atoms with Crippen LogP contribution in [0.25, 0.3) is 0 Å². The molecule has 2 amide bonds. The predicted octanol–water partition coefficient (Wildman–Crippen LogP) is 4.13. The third-order valence-corrected chi connectivity index (χ3v) is 5.79. The van der Waals surface area contributed by atoms with E-state index >= 15 is 0 Å². The Balaban J connectivity index is 1.74. The summed E-state index contributed by atoms with van der Waals surface area (Å²) in [7, 11) is 1.59. The van der Waals surface area contributed by atoms with E-state index in [1.807, 2.05) is 30.3 Å². The minimum atomic E-state index is -0.869. The zero-order chi connectivity index (χ0) is 22.3. The largest absolute Gasteiger partial charge is 0.496 e. The van der Waals surface area contributed by atoms with E-state index in [2.05, 4.69) is 10.3 Å². The van der Waals surface area contributed by atoms with Crippen LogP contribution in [-0.2, 0) is 11.3 Å². The number of aromatic nitrogens is 1. The maximum atomic E-state index is 13.6. The van der Waals surface area contributed by atoms with Crippen molar-refractivity contribution in [3.63, 3.8) is 0 Å². The SMILES string of the molecule is COc1ccccc1CN(C(=O)c1ccco1)[C@@H](C(=O)NC1CCCC1)c1cccnc1.